The first-order valence-electron chi connectivity index (χ1n) is 6.27. The highest BCUT2D eigenvalue weighted by Gasteiger charge is 2.18. The average molecular weight is 340 g/mol. The van der Waals surface area contributed by atoms with E-state index in [1.807, 2.05) is 13.0 Å². The Morgan fingerprint density at radius 3 is 2.76 bits per heavy atom. The summed E-state index contributed by atoms with van der Waals surface area (Å²) in [7, 11) is 0. The number of nitrogens with zero attached hydrogens (tertiary/aromatic N) is 1. The van der Waals surface area contributed by atoms with E-state index in [9.17, 15) is 4.79 Å². The molecule has 0 atom stereocenters. The minimum absolute atomic E-state index is 0.122. The molecule has 4 nitrogen and oxygen atoms in total. The molecule has 0 saturated carbocycles. The zero-order valence-corrected chi connectivity index (χ0v) is 13.4. The number of hydrogen-bond acceptors (Lipinski definition) is 4. The molecule has 0 unspecified atom stereocenters. The summed E-state index contributed by atoms with van der Waals surface area (Å²) >= 11 is 13.5. The second-order valence-electron chi connectivity index (χ2n) is 4.51. The average Bonchev–Trinajstić information content (AvgIpc) is 2.80. The maximum Gasteiger partial charge on any atom is 0.261 e. The smallest absolute Gasteiger partial charge is 0.261 e. The number of thiophene rings is 1. The van der Waals surface area contributed by atoms with Crippen molar-refractivity contribution in [2.75, 3.05) is 5.73 Å². The lowest BCUT2D eigenvalue weighted by Gasteiger charge is -2.05. The van der Waals surface area contributed by atoms with Crippen LogP contribution < -0.4 is 11.3 Å². The highest BCUT2D eigenvalue weighted by Crippen LogP contribution is 2.38. The molecular formula is C14H11Cl2N3OS. The van der Waals surface area contributed by atoms with Crippen LogP contribution in [0.4, 0.5) is 5.95 Å². The van der Waals surface area contributed by atoms with E-state index >= 15 is 0 Å². The third-order valence-electron chi connectivity index (χ3n) is 3.18. The van der Waals surface area contributed by atoms with Crippen LogP contribution in [0.15, 0.2) is 23.0 Å². The number of fused-ring (bicyclic) bond motifs is 1. The molecule has 108 valence electrons. The fourth-order valence-electron chi connectivity index (χ4n) is 2.28. The minimum atomic E-state index is -0.241. The number of hydrogen-bond donors (Lipinski definition) is 2. The first kappa shape index (κ1) is 14.4. The van der Waals surface area contributed by atoms with Crippen LogP contribution in [0.3, 0.4) is 0 Å². The maximum atomic E-state index is 12.2. The van der Waals surface area contributed by atoms with Gasteiger partial charge in [-0.25, -0.2) is 4.98 Å². The second-order valence-corrected chi connectivity index (χ2v) is 6.41. The molecule has 0 bridgehead atoms. The number of rotatable bonds is 2. The summed E-state index contributed by atoms with van der Waals surface area (Å²) in [5, 5.41) is 1.48. The van der Waals surface area contributed by atoms with Crippen molar-refractivity contribution in [1.82, 2.24) is 9.97 Å². The molecule has 21 heavy (non-hydrogen) atoms. The van der Waals surface area contributed by atoms with Gasteiger partial charge >= 0.3 is 0 Å². The Balaban J connectivity index is 2.40. The van der Waals surface area contributed by atoms with Crippen LogP contribution in [0.25, 0.3) is 21.3 Å². The van der Waals surface area contributed by atoms with Gasteiger partial charge in [-0.3, -0.25) is 9.78 Å². The topological polar surface area (TPSA) is 71.8 Å². The summed E-state index contributed by atoms with van der Waals surface area (Å²) in [6, 6.07) is 5.34. The van der Waals surface area contributed by atoms with Crippen LogP contribution in [0.2, 0.25) is 10.0 Å². The summed E-state index contributed by atoms with van der Waals surface area (Å²) in [5.41, 5.74) is 7.07. The third kappa shape index (κ3) is 2.41. The largest absolute Gasteiger partial charge is 0.369 e. The predicted octanol–water partition coefficient (Wildman–Crippen LogP) is 4.10. The standard InChI is InChI=1S/C14H11Cl2N3OS/c1-2-9-10(6-3-4-7(15)8(16)5-6)11-12(20)18-14(17)19-13(11)21-9/h3-5H,2H2,1H3,(H3,17,18,19,20). The lowest BCUT2D eigenvalue weighted by molar-refractivity contribution is 1.18. The number of nitrogens with one attached hydrogen (secondary N) is 1. The highest BCUT2D eigenvalue weighted by atomic mass is 35.5. The van der Waals surface area contributed by atoms with Crippen molar-refractivity contribution in [2.24, 2.45) is 0 Å². The Labute approximate surface area is 134 Å². The molecule has 2 heterocycles. The maximum absolute atomic E-state index is 12.2. The SMILES string of the molecule is CCc1sc2nc(N)[nH]c(=O)c2c1-c1ccc(Cl)c(Cl)c1. The summed E-state index contributed by atoms with van der Waals surface area (Å²) in [6.45, 7) is 2.03. The van der Waals surface area contributed by atoms with Gasteiger partial charge in [0.25, 0.3) is 5.56 Å². The minimum Gasteiger partial charge on any atom is -0.369 e. The van der Waals surface area contributed by atoms with Crippen molar-refractivity contribution in [3.05, 3.63) is 43.5 Å². The number of nitrogens with two attached hydrogens (primary N) is 1. The van der Waals surface area contributed by atoms with Gasteiger partial charge in [0.2, 0.25) is 5.95 Å². The molecule has 2 aromatic heterocycles. The van der Waals surface area contributed by atoms with Crippen molar-refractivity contribution in [3.8, 4) is 11.1 Å². The van der Waals surface area contributed by atoms with Gasteiger partial charge in [-0.15, -0.1) is 11.3 Å². The summed E-state index contributed by atoms with van der Waals surface area (Å²) < 4.78 is 0. The third-order valence-corrected chi connectivity index (χ3v) is 5.15. The van der Waals surface area contributed by atoms with E-state index < -0.39 is 0 Å². The van der Waals surface area contributed by atoms with E-state index in [1.54, 1.807) is 12.1 Å². The molecule has 0 fully saturated rings. The Morgan fingerprint density at radius 1 is 1.33 bits per heavy atom. The lowest BCUT2D eigenvalue weighted by atomic mass is 10.0. The highest BCUT2D eigenvalue weighted by molar-refractivity contribution is 7.19. The van der Waals surface area contributed by atoms with Crippen LogP contribution >= 0.6 is 34.5 Å². The van der Waals surface area contributed by atoms with Crippen LogP contribution in [0, 0.1) is 0 Å². The molecule has 0 aliphatic rings. The van der Waals surface area contributed by atoms with Crippen molar-refractivity contribution < 1.29 is 0 Å². The lowest BCUT2D eigenvalue weighted by Crippen LogP contribution is -2.10. The quantitative estimate of drug-likeness (QED) is 0.738. The molecule has 1 aromatic carbocycles. The van der Waals surface area contributed by atoms with Crippen molar-refractivity contribution in [2.45, 2.75) is 13.3 Å². The van der Waals surface area contributed by atoms with Crippen molar-refractivity contribution >= 4 is 50.7 Å². The fourth-order valence-corrected chi connectivity index (χ4v) is 3.72. The molecule has 3 N–H and O–H groups in total. The Hall–Kier alpha value is -1.56. The van der Waals surface area contributed by atoms with Gasteiger partial charge < -0.3 is 5.73 Å². The van der Waals surface area contributed by atoms with Gasteiger partial charge in [-0.1, -0.05) is 36.2 Å². The normalized spacial score (nSPS) is 11.2. The van der Waals surface area contributed by atoms with Gasteiger partial charge in [-0.05, 0) is 24.1 Å². The van der Waals surface area contributed by atoms with E-state index in [-0.39, 0.29) is 11.5 Å². The number of aromatic amines is 1. The number of H-pyrrole nitrogens is 1. The molecule has 0 spiro atoms. The van der Waals surface area contributed by atoms with Gasteiger partial charge in [-0.2, -0.15) is 0 Å². The van der Waals surface area contributed by atoms with Gasteiger partial charge in [0.05, 0.1) is 15.4 Å². The second kappa shape index (κ2) is 5.33. The summed E-state index contributed by atoms with van der Waals surface area (Å²) in [6.07, 6.45) is 0.788. The molecule has 0 aliphatic heterocycles. The van der Waals surface area contributed by atoms with Crippen LogP contribution in [0.1, 0.15) is 11.8 Å². The number of aryl methyl sites for hydroxylation is 1. The number of anilines is 1. The van der Waals surface area contributed by atoms with Crippen molar-refractivity contribution in [1.29, 1.82) is 0 Å². The first-order valence-corrected chi connectivity index (χ1v) is 7.85. The van der Waals surface area contributed by atoms with Gasteiger partial charge in [0, 0.05) is 10.4 Å². The van der Waals surface area contributed by atoms with Crippen LogP contribution in [-0.2, 0) is 6.42 Å². The molecule has 0 radical (unpaired) electrons. The number of nitrogen functional groups attached to an aromatic ring is 1. The molecule has 7 heteroatoms. The van der Waals surface area contributed by atoms with E-state index in [4.69, 9.17) is 28.9 Å². The Kier molecular flexibility index (Phi) is 3.65. The predicted molar refractivity (Wildman–Crippen MR) is 89.5 cm³/mol. The molecule has 0 aliphatic carbocycles. The zero-order chi connectivity index (χ0) is 15.1. The van der Waals surface area contributed by atoms with Crippen molar-refractivity contribution in [3.63, 3.8) is 0 Å². The van der Waals surface area contributed by atoms with Gasteiger partial charge in [0.15, 0.2) is 0 Å². The summed E-state index contributed by atoms with van der Waals surface area (Å²) in [4.78, 5) is 20.7. The van der Waals surface area contributed by atoms with Crippen LogP contribution in [0.5, 0.6) is 0 Å². The number of aromatic nitrogens is 2. The molecule has 3 aromatic rings. The Bertz CT molecular complexity index is 901. The van der Waals surface area contributed by atoms with E-state index in [0.29, 0.717) is 20.3 Å². The fraction of sp³-hybridized carbons (Fsp3) is 0.143. The monoisotopic (exact) mass is 339 g/mol. The molecule has 3 rings (SSSR count). The van der Waals surface area contributed by atoms with E-state index in [2.05, 4.69) is 9.97 Å². The van der Waals surface area contributed by atoms with Crippen LogP contribution in [-0.4, -0.2) is 9.97 Å². The Morgan fingerprint density at radius 2 is 2.10 bits per heavy atom. The number of benzene rings is 1. The molecule has 0 amide bonds. The van der Waals surface area contributed by atoms with E-state index in [0.717, 1.165) is 22.4 Å². The molecule has 0 saturated heterocycles. The van der Waals surface area contributed by atoms with Gasteiger partial charge in [0.1, 0.15) is 4.83 Å². The number of halogens is 2. The molecular weight excluding hydrogens is 329 g/mol. The van der Waals surface area contributed by atoms with E-state index in [1.165, 1.54) is 11.3 Å². The zero-order valence-electron chi connectivity index (χ0n) is 11.0. The first-order chi connectivity index (χ1) is 10.0. The summed E-state index contributed by atoms with van der Waals surface area (Å²) in [5.74, 6) is 0.122.